The van der Waals surface area contributed by atoms with E-state index < -0.39 is 10.0 Å². The van der Waals surface area contributed by atoms with Crippen LogP contribution >= 0.6 is 11.6 Å². The molecule has 1 aliphatic heterocycles. The van der Waals surface area contributed by atoms with Crippen LogP contribution in [0, 0.1) is 0 Å². The van der Waals surface area contributed by atoms with Gasteiger partial charge in [-0.2, -0.15) is 4.31 Å². The summed E-state index contributed by atoms with van der Waals surface area (Å²) >= 11 is 6.10. The fourth-order valence-electron chi connectivity index (χ4n) is 2.95. The Morgan fingerprint density at radius 2 is 1.62 bits per heavy atom. The van der Waals surface area contributed by atoms with Crippen LogP contribution in [0.25, 0.3) is 0 Å². The van der Waals surface area contributed by atoms with Crippen LogP contribution in [0.5, 0.6) is 0 Å². The summed E-state index contributed by atoms with van der Waals surface area (Å²) in [6.45, 7) is 1.97. The van der Waals surface area contributed by atoms with E-state index in [-0.39, 0.29) is 5.91 Å². The molecule has 1 fully saturated rings. The van der Waals surface area contributed by atoms with Gasteiger partial charge in [0.15, 0.2) is 0 Å². The van der Waals surface area contributed by atoms with Crippen molar-refractivity contribution in [3.05, 3.63) is 59.1 Å². The summed E-state index contributed by atoms with van der Waals surface area (Å²) in [7, 11) is -3.18. The zero-order valence-corrected chi connectivity index (χ0v) is 15.9. The van der Waals surface area contributed by atoms with Gasteiger partial charge in [0.1, 0.15) is 0 Å². The average molecular weight is 394 g/mol. The van der Waals surface area contributed by atoms with E-state index >= 15 is 0 Å². The number of para-hydroxylation sites is 2. The summed E-state index contributed by atoms with van der Waals surface area (Å²) in [5.74, 6) is -0.280. The van der Waals surface area contributed by atoms with Crippen LogP contribution in [0.2, 0.25) is 5.02 Å². The molecule has 0 aliphatic carbocycles. The van der Waals surface area contributed by atoms with Gasteiger partial charge in [-0.15, -0.1) is 0 Å². The lowest BCUT2D eigenvalue weighted by Crippen LogP contribution is -2.48. The van der Waals surface area contributed by atoms with Gasteiger partial charge in [-0.25, -0.2) is 8.42 Å². The normalized spacial score (nSPS) is 15.7. The third kappa shape index (κ3) is 4.17. The van der Waals surface area contributed by atoms with E-state index in [2.05, 4.69) is 10.2 Å². The number of hydrogen-bond donors (Lipinski definition) is 1. The number of piperazine rings is 1. The number of nitrogens with zero attached hydrogens (tertiary/aromatic N) is 2. The van der Waals surface area contributed by atoms with Crippen LogP contribution in [0.1, 0.15) is 10.4 Å². The lowest BCUT2D eigenvalue weighted by Gasteiger charge is -2.35. The fourth-order valence-corrected chi connectivity index (χ4v) is 4.00. The molecule has 1 amide bonds. The van der Waals surface area contributed by atoms with Gasteiger partial charge in [-0.05, 0) is 24.3 Å². The molecule has 0 unspecified atom stereocenters. The number of carbonyl (C=O) groups excluding carboxylic acids is 1. The van der Waals surface area contributed by atoms with Crippen LogP contribution in [-0.2, 0) is 10.0 Å². The quantitative estimate of drug-likeness (QED) is 0.867. The Balaban J connectivity index is 1.77. The molecule has 2 aromatic rings. The second-order valence-corrected chi connectivity index (χ2v) is 8.49. The molecule has 1 N–H and O–H groups in total. The molecule has 138 valence electrons. The topological polar surface area (TPSA) is 69.7 Å². The summed E-state index contributed by atoms with van der Waals surface area (Å²) in [5, 5.41) is 3.30. The lowest BCUT2D eigenvalue weighted by atomic mass is 10.2. The van der Waals surface area contributed by atoms with E-state index in [1.165, 1.54) is 10.6 Å². The molecule has 3 rings (SSSR count). The minimum Gasteiger partial charge on any atom is -0.367 e. The number of amides is 1. The highest BCUT2D eigenvalue weighted by atomic mass is 35.5. The monoisotopic (exact) mass is 393 g/mol. The largest absolute Gasteiger partial charge is 0.367 e. The molecule has 0 aromatic heterocycles. The molecule has 26 heavy (non-hydrogen) atoms. The molecule has 0 bridgehead atoms. The Hall–Kier alpha value is -2.09. The molecule has 1 saturated heterocycles. The minimum absolute atomic E-state index is 0.280. The van der Waals surface area contributed by atoms with Crippen LogP contribution < -0.4 is 10.2 Å². The molecule has 8 heteroatoms. The third-order valence-electron chi connectivity index (χ3n) is 4.32. The van der Waals surface area contributed by atoms with Crippen molar-refractivity contribution in [1.29, 1.82) is 0 Å². The number of nitrogens with one attached hydrogen (secondary N) is 1. The summed E-state index contributed by atoms with van der Waals surface area (Å²) in [5.41, 5.74) is 1.94. The minimum atomic E-state index is -3.18. The predicted molar refractivity (Wildman–Crippen MR) is 104 cm³/mol. The van der Waals surface area contributed by atoms with Gasteiger partial charge < -0.3 is 10.2 Å². The predicted octanol–water partition coefficient (Wildman–Crippen LogP) is 2.67. The summed E-state index contributed by atoms with van der Waals surface area (Å²) < 4.78 is 24.8. The van der Waals surface area contributed by atoms with Crippen LogP contribution in [-0.4, -0.2) is 51.1 Å². The number of anilines is 2. The number of hydrogen-bond acceptors (Lipinski definition) is 4. The second-order valence-electron chi connectivity index (χ2n) is 6.10. The molecule has 1 aliphatic rings. The van der Waals surface area contributed by atoms with E-state index in [1.807, 2.05) is 24.3 Å². The fraction of sp³-hybridized carbons (Fsp3) is 0.278. The zero-order valence-electron chi connectivity index (χ0n) is 14.4. The smallest absolute Gasteiger partial charge is 0.257 e. The van der Waals surface area contributed by atoms with Crippen molar-refractivity contribution in [2.45, 2.75) is 0 Å². The second kappa shape index (κ2) is 7.65. The molecule has 6 nitrogen and oxygen atoms in total. The first-order valence-corrected chi connectivity index (χ1v) is 10.4. The maximum Gasteiger partial charge on any atom is 0.257 e. The lowest BCUT2D eigenvalue weighted by molar-refractivity contribution is 0.102. The van der Waals surface area contributed by atoms with Crippen LogP contribution in [0.4, 0.5) is 11.4 Å². The SMILES string of the molecule is CS(=O)(=O)N1CCN(c2ccccc2NC(=O)c2ccccc2Cl)CC1. The molecule has 0 radical (unpaired) electrons. The Bertz CT molecular complexity index is 909. The van der Waals surface area contributed by atoms with Gasteiger partial charge in [0.05, 0.1) is 28.2 Å². The van der Waals surface area contributed by atoms with Crippen molar-refractivity contribution in [3.63, 3.8) is 0 Å². The third-order valence-corrected chi connectivity index (χ3v) is 5.95. The molecule has 0 atom stereocenters. The Morgan fingerprint density at radius 3 is 2.27 bits per heavy atom. The van der Waals surface area contributed by atoms with E-state index in [1.54, 1.807) is 24.3 Å². The maximum absolute atomic E-state index is 12.6. The molecular formula is C18H20ClN3O3S. The number of benzene rings is 2. The van der Waals surface area contributed by atoms with Crippen molar-refractivity contribution >= 4 is 38.9 Å². The van der Waals surface area contributed by atoms with E-state index in [4.69, 9.17) is 11.6 Å². The summed E-state index contributed by atoms with van der Waals surface area (Å²) in [4.78, 5) is 14.6. The first-order valence-electron chi connectivity index (χ1n) is 8.21. The van der Waals surface area contributed by atoms with Crippen molar-refractivity contribution in [2.24, 2.45) is 0 Å². The molecule has 0 spiro atoms. The van der Waals surface area contributed by atoms with E-state index in [0.717, 1.165) is 5.69 Å². The first kappa shape index (κ1) is 18.7. The highest BCUT2D eigenvalue weighted by molar-refractivity contribution is 7.88. The summed E-state index contributed by atoms with van der Waals surface area (Å²) in [6, 6.07) is 14.4. The number of halogens is 1. The van der Waals surface area contributed by atoms with Crippen LogP contribution in [0.3, 0.4) is 0 Å². The van der Waals surface area contributed by atoms with Crippen molar-refractivity contribution < 1.29 is 13.2 Å². The van der Waals surface area contributed by atoms with E-state index in [0.29, 0.717) is 42.5 Å². The van der Waals surface area contributed by atoms with Gasteiger partial charge in [0, 0.05) is 26.2 Å². The van der Waals surface area contributed by atoms with Crippen LogP contribution in [0.15, 0.2) is 48.5 Å². The summed E-state index contributed by atoms with van der Waals surface area (Å²) in [6.07, 6.45) is 1.22. The van der Waals surface area contributed by atoms with Gasteiger partial charge in [0.2, 0.25) is 10.0 Å². The first-order chi connectivity index (χ1) is 12.4. The van der Waals surface area contributed by atoms with Gasteiger partial charge >= 0.3 is 0 Å². The van der Waals surface area contributed by atoms with E-state index in [9.17, 15) is 13.2 Å². The number of sulfonamides is 1. The Morgan fingerprint density at radius 1 is 1.00 bits per heavy atom. The highest BCUT2D eigenvalue weighted by Gasteiger charge is 2.25. The van der Waals surface area contributed by atoms with Gasteiger partial charge in [-0.3, -0.25) is 4.79 Å². The van der Waals surface area contributed by atoms with Gasteiger partial charge in [0.25, 0.3) is 5.91 Å². The standard InChI is InChI=1S/C18H20ClN3O3S/c1-26(24,25)22-12-10-21(11-13-22)17-9-5-4-8-16(17)20-18(23)14-6-2-3-7-15(14)19/h2-9H,10-13H2,1H3,(H,20,23). The maximum atomic E-state index is 12.6. The molecule has 0 saturated carbocycles. The van der Waals surface area contributed by atoms with Gasteiger partial charge in [-0.1, -0.05) is 35.9 Å². The molecule has 1 heterocycles. The molecular weight excluding hydrogens is 374 g/mol. The highest BCUT2D eigenvalue weighted by Crippen LogP contribution is 2.28. The van der Waals surface area contributed by atoms with Crippen molar-refractivity contribution in [3.8, 4) is 0 Å². The molecule has 2 aromatic carbocycles. The van der Waals surface area contributed by atoms with Crippen molar-refractivity contribution in [2.75, 3.05) is 42.7 Å². The van der Waals surface area contributed by atoms with Crippen molar-refractivity contribution in [1.82, 2.24) is 4.31 Å². The Labute approximate surface area is 158 Å². The number of carbonyl (C=O) groups is 1. The zero-order chi connectivity index (χ0) is 18.7. The number of rotatable bonds is 4. The average Bonchev–Trinajstić information content (AvgIpc) is 2.62. The Kier molecular flexibility index (Phi) is 5.50.